The predicted molar refractivity (Wildman–Crippen MR) is 279 cm³/mol. The van der Waals surface area contributed by atoms with E-state index in [4.69, 9.17) is 0 Å². The van der Waals surface area contributed by atoms with Gasteiger partial charge < -0.3 is 0 Å². The molecule has 0 spiro atoms. The van der Waals surface area contributed by atoms with Gasteiger partial charge in [0.05, 0.1) is 0 Å². The first-order valence-electron chi connectivity index (χ1n) is 22.9. The Morgan fingerprint density at radius 1 is 0.231 bits per heavy atom. The van der Waals surface area contributed by atoms with Crippen molar-refractivity contribution >= 4 is 64.6 Å². The van der Waals surface area contributed by atoms with E-state index in [9.17, 15) is 0 Å². The summed E-state index contributed by atoms with van der Waals surface area (Å²) in [5.41, 5.74) is 17.7. The van der Waals surface area contributed by atoms with Crippen molar-refractivity contribution < 1.29 is 0 Å². The molecule has 0 radical (unpaired) electrons. The average Bonchev–Trinajstić information content (AvgIpc) is 3.59. The van der Waals surface area contributed by atoms with Crippen LogP contribution in [0.15, 0.2) is 218 Å². The summed E-state index contributed by atoms with van der Waals surface area (Å²) >= 11 is 0. The van der Waals surface area contributed by atoms with Crippen molar-refractivity contribution in [3.05, 3.63) is 230 Å². The number of benzene rings is 13. The maximum Gasteiger partial charge on any atom is 0.0159 e. The van der Waals surface area contributed by atoms with Gasteiger partial charge >= 0.3 is 0 Å². The van der Waals surface area contributed by atoms with Crippen LogP contribution in [0.4, 0.5) is 0 Å². The molecule has 0 atom stereocenters. The SMILES string of the molecule is CC1(C)c2ccccc2-c2ccc(-c3ccc(-c4ccc(-c5ccccc5)c(-c5ccc6ccc7cccc8ccc5c6c78)c4)cc3-c3ccc4ccc5cccc6ccc3c4c56)cc21. The van der Waals surface area contributed by atoms with Gasteiger partial charge in [0.1, 0.15) is 0 Å². The van der Waals surface area contributed by atoms with Crippen molar-refractivity contribution in [2.45, 2.75) is 19.3 Å². The van der Waals surface area contributed by atoms with Crippen molar-refractivity contribution in [3.63, 3.8) is 0 Å². The molecule has 13 aromatic carbocycles. The maximum absolute atomic E-state index is 2.48. The summed E-state index contributed by atoms with van der Waals surface area (Å²) in [5.74, 6) is 0. The molecule has 0 fully saturated rings. The zero-order chi connectivity index (χ0) is 43.0. The predicted octanol–water partition coefficient (Wildman–Crippen LogP) is 18.1. The normalized spacial score (nSPS) is 13.2. The van der Waals surface area contributed by atoms with Crippen LogP contribution >= 0.6 is 0 Å². The summed E-state index contributed by atoms with van der Waals surface area (Å²) < 4.78 is 0. The first-order chi connectivity index (χ1) is 32.0. The molecule has 302 valence electrons. The van der Waals surface area contributed by atoms with E-state index in [0.29, 0.717) is 0 Å². The number of hydrogen-bond donors (Lipinski definition) is 0. The fourth-order valence-corrected chi connectivity index (χ4v) is 11.8. The highest BCUT2D eigenvalue weighted by molar-refractivity contribution is 6.27. The number of rotatable bonds is 5. The van der Waals surface area contributed by atoms with E-state index in [-0.39, 0.29) is 5.41 Å². The van der Waals surface area contributed by atoms with Gasteiger partial charge in [0.15, 0.2) is 0 Å². The zero-order valence-corrected chi connectivity index (χ0v) is 36.3. The van der Waals surface area contributed by atoms with E-state index in [0.717, 1.165) is 0 Å². The van der Waals surface area contributed by atoms with Gasteiger partial charge in [-0.3, -0.25) is 0 Å². The van der Waals surface area contributed by atoms with Crippen LogP contribution in [-0.4, -0.2) is 0 Å². The smallest absolute Gasteiger partial charge is 0.0159 e. The Balaban J connectivity index is 1.02. The monoisotopic (exact) mass is 822 g/mol. The van der Waals surface area contributed by atoms with E-state index in [1.54, 1.807) is 0 Å². The largest absolute Gasteiger partial charge is 0.0622 e. The summed E-state index contributed by atoms with van der Waals surface area (Å²) in [6.07, 6.45) is 0. The van der Waals surface area contributed by atoms with Gasteiger partial charge in [-0.05, 0) is 161 Å². The second-order valence-corrected chi connectivity index (χ2v) is 18.8. The van der Waals surface area contributed by atoms with Crippen molar-refractivity contribution in [2.75, 3.05) is 0 Å². The highest BCUT2D eigenvalue weighted by Crippen LogP contribution is 2.51. The molecular weight excluding hydrogens is 781 g/mol. The molecule has 65 heavy (non-hydrogen) atoms. The standard InChI is InChI=1S/C65H42/c1-65(2)59-17-7-6-16-53(59)54-33-28-48(38-60(54)65)50-30-27-47(37-58(50)52-32-23-45-21-19-41-13-9-15-43-25-35-56(52)64(45)62(41)43)46-26-29-49(39-10-4-3-5-11-39)57(36-46)51-31-22-44-20-18-40-12-8-14-42-24-34-55(51)63(44)61(40)42/h3-38H,1-2H3. The molecule has 0 N–H and O–H groups in total. The number of hydrogen-bond acceptors (Lipinski definition) is 0. The van der Waals surface area contributed by atoms with Gasteiger partial charge in [0.25, 0.3) is 0 Å². The van der Waals surface area contributed by atoms with Crippen LogP contribution in [0.3, 0.4) is 0 Å². The minimum absolute atomic E-state index is 0.100. The van der Waals surface area contributed by atoms with Gasteiger partial charge in [-0.2, -0.15) is 0 Å². The second kappa shape index (κ2) is 13.5. The van der Waals surface area contributed by atoms with Gasteiger partial charge in [0, 0.05) is 5.41 Å². The molecule has 14 rings (SSSR count). The van der Waals surface area contributed by atoms with Crippen LogP contribution < -0.4 is 0 Å². The Hall–Kier alpha value is -8.06. The highest BCUT2D eigenvalue weighted by Gasteiger charge is 2.35. The van der Waals surface area contributed by atoms with E-state index >= 15 is 0 Å². The summed E-state index contributed by atoms with van der Waals surface area (Å²) in [4.78, 5) is 0. The van der Waals surface area contributed by atoms with Crippen LogP contribution in [0.25, 0.3) is 131 Å². The van der Waals surface area contributed by atoms with E-state index < -0.39 is 0 Å². The minimum atomic E-state index is -0.100. The van der Waals surface area contributed by atoms with Crippen molar-refractivity contribution in [1.29, 1.82) is 0 Å². The molecule has 1 aliphatic carbocycles. The first kappa shape index (κ1) is 36.4. The van der Waals surface area contributed by atoms with Crippen LogP contribution in [-0.2, 0) is 5.41 Å². The lowest BCUT2D eigenvalue weighted by Crippen LogP contribution is -2.14. The van der Waals surface area contributed by atoms with Crippen molar-refractivity contribution in [3.8, 4) is 66.8 Å². The Morgan fingerprint density at radius 2 is 0.646 bits per heavy atom. The van der Waals surface area contributed by atoms with Crippen LogP contribution in [0.5, 0.6) is 0 Å². The van der Waals surface area contributed by atoms with Crippen molar-refractivity contribution in [2.24, 2.45) is 0 Å². The lowest BCUT2D eigenvalue weighted by molar-refractivity contribution is 0.660. The molecule has 0 aromatic heterocycles. The maximum atomic E-state index is 2.48. The van der Waals surface area contributed by atoms with Crippen molar-refractivity contribution in [1.82, 2.24) is 0 Å². The third-order valence-electron chi connectivity index (χ3n) is 15.0. The molecule has 0 bridgehead atoms. The number of fused-ring (bicyclic) bond motifs is 3. The zero-order valence-electron chi connectivity index (χ0n) is 36.3. The molecular formula is C65H42. The highest BCUT2D eigenvalue weighted by atomic mass is 14.4. The summed E-state index contributed by atoms with van der Waals surface area (Å²) in [7, 11) is 0. The van der Waals surface area contributed by atoms with Gasteiger partial charge in [-0.15, -0.1) is 0 Å². The fourth-order valence-electron chi connectivity index (χ4n) is 11.8. The quantitative estimate of drug-likeness (QED) is 0.152. The van der Waals surface area contributed by atoms with Gasteiger partial charge in [0.2, 0.25) is 0 Å². The van der Waals surface area contributed by atoms with E-state index in [1.165, 1.54) is 143 Å². The van der Waals surface area contributed by atoms with E-state index in [1.807, 2.05) is 0 Å². The molecule has 0 unspecified atom stereocenters. The lowest BCUT2D eigenvalue weighted by Gasteiger charge is -2.23. The molecule has 0 amide bonds. The molecule has 0 heterocycles. The first-order valence-corrected chi connectivity index (χ1v) is 22.9. The van der Waals surface area contributed by atoms with Crippen LogP contribution in [0.2, 0.25) is 0 Å². The second-order valence-electron chi connectivity index (χ2n) is 18.8. The summed E-state index contributed by atoms with van der Waals surface area (Å²) in [5, 5.41) is 15.6. The Morgan fingerprint density at radius 3 is 1.22 bits per heavy atom. The topological polar surface area (TPSA) is 0 Å². The Bertz CT molecular complexity index is 4040. The molecule has 1 aliphatic rings. The average molecular weight is 823 g/mol. The molecule has 0 aliphatic heterocycles. The molecule has 0 saturated carbocycles. The Labute approximate surface area is 378 Å². The van der Waals surface area contributed by atoms with E-state index in [2.05, 4.69) is 232 Å². The fraction of sp³-hybridized carbons (Fsp3) is 0.0462. The molecule has 0 heteroatoms. The van der Waals surface area contributed by atoms with Gasteiger partial charge in [-0.1, -0.05) is 214 Å². The molecule has 0 saturated heterocycles. The summed E-state index contributed by atoms with van der Waals surface area (Å²) in [6.45, 7) is 4.76. The Kier molecular flexibility index (Phi) is 7.55. The minimum Gasteiger partial charge on any atom is -0.0622 e. The molecule has 0 nitrogen and oxygen atoms in total. The lowest BCUT2D eigenvalue weighted by atomic mass is 9.80. The van der Waals surface area contributed by atoms with Crippen LogP contribution in [0.1, 0.15) is 25.0 Å². The molecule has 13 aromatic rings. The summed E-state index contributed by atoms with van der Waals surface area (Å²) in [6, 6.07) is 82.5. The third kappa shape index (κ3) is 5.26. The third-order valence-corrected chi connectivity index (χ3v) is 15.0. The van der Waals surface area contributed by atoms with Gasteiger partial charge in [-0.25, -0.2) is 0 Å². The van der Waals surface area contributed by atoms with Crippen LogP contribution in [0, 0.1) is 0 Å².